The van der Waals surface area contributed by atoms with E-state index in [1.165, 1.54) is 24.0 Å². The van der Waals surface area contributed by atoms with Crippen LogP contribution in [0.4, 0.5) is 5.69 Å². The number of hydrogen-bond acceptors (Lipinski definition) is 2. The van der Waals surface area contributed by atoms with Crippen molar-refractivity contribution in [1.29, 1.82) is 0 Å². The van der Waals surface area contributed by atoms with Crippen molar-refractivity contribution in [3.8, 4) is 0 Å². The van der Waals surface area contributed by atoms with Crippen molar-refractivity contribution in [2.75, 3.05) is 11.9 Å². The molecule has 0 radical (unpaired) electrons. The summed E-state index contributed by atoms with van der Waals surface area (Å²) in [4.78, 5) is 12.1. The van der Waals surface area contributed by atoms with Crippen molar-refractivity contribution >= 4 is 11.6 Å². The highest BCUT2D eigenvalue weighted by molar-refractivity contribution is 5.94. The van der Waals surface area contributed by atoms with E-state index in [-0.39, 0.29) is 5.91 Å². The van der Waals surface area contributed by atoms with Gasteiger partial charge in [-0.05, 0) is 56.2 Å². The molecule has 1 aromatic rings. The number of carbonyl (C=O) groups is 1. The minimum absolute atomic E-state index is 0.0759. The number of fused-ring (bicyclic) bond motifs is 1. The van der Waals surface area contributed by atoms with Gasteiger partial charge in [-0.1, -0.05) is 18.2 Å². The molecule has 0 aromatic heterocycles. The van der Waals surface area contributed by atoms with Gasteiger partial charge in [0, 0.05) is 5.69 Å². The smallest absolute Gasteiger partial charge is 0.253 e. The number of rotatable bonds is 6. The zero-order valence-corrected chi connectivity index (χ0v) is 12.2. The van der Waals surface area contributed by atoms with Gasteiger partial charge in [0.25, 0.3) is 5.91 Å². The normalized spacial score (nSPS) is 15.2. The molecule has 1 unspecified atom stereocenters. The molecule has 1 N–H and O–H groups in total. The summed E-state index contributed by atoms with van der Waals surface area (Å²) < 4.78 is 5.48. The fraction of sp³-hybridized carbons (Fsp3) is 0.471. The highest BCUT2D eigenvalue weighted by atomic mass is 16.5. The maximum atomic E-state index is 12.1. The lowest BCUT2D eigenvalue weighted by Crippen LogP contribution is -2.28. The SMILES string of the molecule is C=CCCOC(C)C(=O)Nc1cccc2c1CCCC2. The number of carbonyl (C=O) groups excluding carboxylic acids is 1. The van der Waals surface area contributed by atoms with Crippen molar-refractivity contribution in [2.45, 2.75) is 45.1 Å². The summed E-state index contributed by atoms with van der Waals surface area (Å²) in [5, 5.41) is 3.01. The van der Waals surface area contributed by atoms with Crippen molar-refractivity contribution in [2.24, 2.45) is 0 Å². The van der Waals surface area contributed by atoms with Gasteiger partial charge >= 0.3 is 0 Å². The molecule has 2 rings (SSSR count). The monoisotopic (exact) mass is 273 g/mol. The summed E-state index contributed by atoms with van der Waals surface area (Å²) in [5.74, 6) is -0.0759. The Kier molecular flexibility index (Phi) is 5.36. The summed E-state index contributed by atoms with van der Waals surface area (Å²) in [6.45, 7) is 5.96. The summed E-state index contributed by atoms with van der Waals surface area (Å²) >= 11 is 0. The van der Waals surface area contributed by atoms with Gasteiger partial charge in [-0.15, -0.1) is 6.58 Å². The Bertz CT molecular complexity index is 482. The average molecular weight is 273 g/mol. The number of hydrogen-bond donors (Lipinski definition) is 1. The number of aryl methyl sites for hydroxylation is 1. The van der Waals surface area contributed by atoms with Crippen LogP contribution in [0.25, 0.3) is 0 Å². The lowest BCUT2D eigenvalue weighted by molar-refractivity contribution is -0.126. The first-order valence-corrected chi connectivity index (χ1v) is 7.36. The van der Waals surface area contributed by atoms with Crippen LogP contribution in [0, 0.1) is 0 Å². The number of ether oxygens (including phenoxy) is 1. The molecule has 0 saturated carbocycles. The lowest BCUT2D eigenvalue weighted by atomic mass is 9.90. The molecule has 0 bridgehead atoms. The number of anilines is 1. The standard InChI is InChI=1S/C17H23NO2/c1-3-4-12-20-13(2)17(19)18-16-11-7-9-14-8-5-6-10-15(14)16/h3,7,9,11,13H,1,4-6,8,10,12H2,2H3,(H,18,19). The number of amides is 1. The highest BCUT2D eigenvalue weighted by Crippen LogP contribution is 2.27. The molecule has 0 aliphatic heterocycles. The minimum atomic E-state index is -0.436. The van der Waals surface area contributed by atoms with E-state index in [4.69, 9.17) is 4.74 Å². The number of benzene rings is 1. The van der Waals surface area contributed by atoms with Crippen LogP contribution >= 0.6 is 0 Å². The molecular formula is C17H23NO2. The molecule has 0 heterocycles. The molecule has 0 saturated heterocycles. The Hall–Kier alpha value is -1.61. The van der Waals surface area contributed by atoms with E-state index in [1.807, 2.05) is 12.1 Å². The molecule has 1 aromatic carbocycles. The van der Waals surface area contributed by atoms with Gasteiger partial charge in [0.2, 0.25) is 0 Å². The first-order valence-electron chi connectivity index (χ1n) is 7.36. The van der Waals surface area contributed by atoms with Gasteiger partial charge in [0.1, 0.15) is 6.10 Å². The van der Waals surface area contributed by atoms with E-state index < -0.39 is 6.10 Å². The van der Waals surface area contributed by atoms with Gasteiger partial charge in [-0.25, -0.2) is 0 Å². The Labute approximate surface area is 121 Å². The van der Waals surface area contributed by atoms with Crippen LogP contribution in [0.15, 0.2) is 30.9 Å². The molecule has 0 fully saturated rings. The number of nitrogens with one attached hydrogen (secondary N) is 1. The van der Waals surface area contributed by atoms with Crippen molar-refractivity contribution in [1.82, 2.24) is 0 Å². The van der Waals surface area contributed by atoms with E-state index in [0.717, 1.165) is 24.9 Å². The zero-order chi connectivity index (χ0) is 14.4. The fourth-order valence-electron chi connectivity index (χ4n) is 2.54. The van der Waals surface area contributed by atoms with E-state index in [9.17, 15) is 4.79 Å². The fourth-order valence-corrected chi connectivity index (χ4v) is 2.54. The zero-order valence-electron chi connectivity index (χ0n) is 12.2. The van der Waals surface area contributed by atoms with E-state index in [1.54, 1.807) is 13.0 Å². The van der Waals surface area contributed by atoms with Crippen molar-refractivity contribution < 1.29 is 9.53 Å². The summed E-state index contributed by atoms with van der Waals surface area (Å²) in [7, 11) is 0. The summed E-state index contributed by atoms with van der Waals surface area (Å²) in [6, 6.07) is 6.16. The van der Waals surface area contributed by atoms with Gasteiger partial charge in [0.05, 0.1) is 6.61 Å². The van der Waals surface area contributed by atoms with E-state index >= 15 is 0 Å². The first-order chi connectivity index (χ1) is 9.72. The molecule has 1 amide bonds. The molecule has 3 nitrogen and oxygen atoms in total. The molecular weight excluding hydrogens is 250 g/mol. The summed E-state index contributed by atoms with van der Waals surface area (Å²) in [6.07, 6.45) is 6.73. The Morgan fingerprint density at radius 3 is 3.05 bits per heavy atom. The first kappa shape index (κ1) is 14.8. The van der Waals surface area contributed by atoms with Crippen LogP contribution in [-0.4, -0.2) is 18.6 Å². The van der Waals surface area contributed by atoms with Crippen LogP contribution in [0.5, 0.6) is 0 Å². The van der Waals surface area contributed by atoms with Crippen molar-refractivity contribution in [3.63, 3.8) is 0 Å². The Balaban J connectivity index is 1.99. The molecule has 20 heavy (non-hydrogen) atoms. The average Bonchev–Trinajstić information content (AvgIpc) is 2.47. The molecule has 1 aliphatic carbocycles. The quantitative estimate of drug-likeness (QED) is 0.636. The lowest BCUT2D eigenvalue weighted by Gasteiger charge is -2.20. The molecule has 3 heteroatoms. The third-order valence-electron chi connectivity index (χ3n) is 3.71. The highest BCUT2D eigenvalue weighted by Gasteiger charge is 2.17. The predicted molar refractivity (Wildman–Crippen MR) is 81.9 cm³/mol. The van der Waals surface area contributed by atoms with Crippen LogP contribution in [0.1, 0.15) is 37.3 Å². The topological polar surface area (TPSA) is 38.3 Å². The van der Waals surface area contributed by atoms with Crippen LogP contribution in [0.2, 0.25) is 0 Å². The van der Waals surface area contributed by atoms with Gasteiger partial charge in [-0.2, -0.15) is 0 Å². The van der Waals surface area contributed by atoms with E-state index in [2.05, 4.69) is 18.0 Å². The largest absolute Gasteiger partial charge is 0.368 e. The van der Waals surface area contributed by atoms with Gasteiger partial charge < -0.3 is 10.1 Å². The third-order valence-corrected chi connectivity index (χ3v) is 3.71. The summed E-state index contributed by atoms with van der Waals surface area (Å²) in [5.41, 5.74) is 3.62. The second-order valence-electron chi connectivity index (χ2n) is 5.23. The molecule has 108 valence electrons. The second kappa shape index (κ2) is 7.25. The molecule has 1 atom stereocenters. The van der Waals surface area contributed by atoms with E-state index in [0.29, 0.717) is 6.61 Å². The molecule has 0 spiro atoms. The molecule has 1 aliphatic rings. The van der Waals surface area contributed by atoms with Crippen LogP contribution in [-0.2, 0) is 22.4 Å². The third kappa shape index (κ3) is 3.70. The maximum absolute atomic E-state index is 12.1. The van der Waals surface area contributed by atoms with Gasteiger partial charge in [-0.3, -0.25) is 4.79 Å². The Morgan fingerprint density at radius 2 is 2.25 bits per heavy atom. The van der Waals surface area contributed by atoms with Crippen LogP contribution in [0.3, 0.4) is 0 Å². The minimum Gasteiger partial charge on any atom is -0.368 e. The Morgan fingerprint density at radius 1 is 1.45 bits per heavy atom. The maximum Gasteiger partial charge on any atom is 0.253 e. The van der Waals surface area contributed by atoms with Crippen molar-refractivity contribution in [3.05, 3.63) is 42.0 Å². The van der Waals surface area contributed by atoms with Gasteiger partial charge in [0.15, 0.2) is 0 Å². The van der Waals surface area contributed by atoms with Crippen LogP contribution < -0.4 is 5.32 Å². The second-order valence-corrected chi connectivity index (χ2v) is 5.23. The predicted octanol–water partition coefficient (Wildman–Crippen LogP) is 3.49.